The molecule has 0 spiro atoms. The van der Waals surface area contributed by atoms with Crippen molar-refractivity contribution in [3.05, 3.63) is 59.7 Å². The lowest BCUT2D eigenvalue weighted by molar-refractivity contribution is -0.122. The van der Waals surface area contributed by atoms with Crippen LogP contribution < -0.4 is 10.1 Å². The summed E-state index contributed by atoms with van der Waals surface area (Å²) in [6.07, 6.45) is 1.37. The molecule has 2 aromatic carbocycles. The van der Waals surface area contributed by atoms with E-state index in [2.05, 4.69) is 18.3 Å². The Kier molecular flexibility index (Phi) is 6.39. The number of nitrogens with zero attached hydrogens (tertiary/aromatic N) is 1. The van der Waals surface area contributed by atoms with Crippen LogP contribution in [0.25, 0.3) is 0 Å². The second-order valence-electron chi connectivity index (χ2n) is 5.53. The van der Waals surface area contributed by atoms with Crippen LogP contribution >= 0.6 is 0 Å². The molecule has 1 atom stereocenters. The Labute approximate surface area is 143 Å². The fourth-order valence-corrected chi connectivity index (χ4v) is 2.31. The molecule has 0 unspecified atom stereocenters. The SMILES string of the molecule is CCc1ccc(O[C@@H](CC)C(=O)Nc2ccc(CC#N)cc2)cc1. The van der Waals surface area contributed by atoms with Crippen LogP contribution in [0.15, 0.2) is 48.5 Å². The number of rotatable bonds is 7. The maximum Gasteiger partial charge on any atom is 0.265 e. The van der Waals surface area contributed by atoms with Gasteiger partial charge in [-0.05, 0) is 48.2 Å². The molecule has 0 heterocycles. The molecule has 0 aliphatic rings. The topological polar surface area (TPSA) is 62.1 Å². The van der Waals surface area contributed by atoms with Crippen molar-refractivity contribution in [2.24, 2.45) is 0 Å². The number of benzene rings is 2. The summed E-state index contributed by atoms with van der Waals surface area (Å²) in [6.45, 7) is 4.01. The maximum atomic E-state index is 12.4. The second-order valence-corrected chi connectivity index (χ2v) is 5.53. The average molecular weight is 322 g/mol. The van der Waals surface area contributed by atoms with E-state index < -0.39 is 6.10 Å². The van der Waals surface area contributed by atoms with Gasteiger partial charge in [0.15, 0.2) is 6.10 Å². The molecule has 0 aliphatic carbocycles. The van der Waals surface area contributed by atoms with Gasteiger partial charge in [0, 0.05) is 5.69 Å². The normalized spacial score (nSPS) is 11.4. The van der Waals surface area contributed by atoms with Crippen LogP contribution in [0.4, 0.5) is 5.69 Å². The smallest absolute Gasteiger partial charge is 0.265 e. The van der Waals surface area contributed by atoms with Crippen LogP contribution in [-0.4, -0.2) is 12.0 Å². The number of nitrogens with one attached hydrogen (secondary N) is 1. The summed E-state index contributed by atoms with van der Waals surface area (Å²) in [5.74, 6) is 0.517. The second kappa shape index (κ2) is 8.73. The molecule has 0 saturated carbocycles. The van der Waals surface area contributed by atoms with Crippen molar-refractivity contribution in [3.63, 3.8) is 0 Å². The quantitative estimate of drug-likeness (QED) is 0.834. The molecule has 4 nitrogen and oxygen atoms in total. The highest BCUT2D eigenvalue weighted by molar-refractivity contribution is 5.94. The highest BCUT2D eigenvalue weighted by atomic mass is 16.5. The van der Waals surface area contributed by atoms with Gasteiger partial charge in [-0.2, -0.15) is 5.26 Å². The number of carbonyl (C=O) groups is 1. The predicted molar refractivity (Wildman–Crippen MR) is 94.9 cm³/mol. The number of anilines is 1. The van der Waals surface area contributed by atoms with Crippen molar-refractivity contribution < 1.29 is 9.53 Å². The van der Waals surface area contributed by atoms with E-state index in [4.69, 9.17) is 10.00 Å². The maximum absolute atomic E-state index is 12.4. The molecule has 0 fully saturated rings. The fraction of sp³-hybridized carbons (Fsp3) is 0.300. The third-order valence-electron chi connectivity index (χ3n) is 3.78. The van der Waals surface area contributed by atoms with Crippen LogP contribution in [0.1, 0.15) is 31.4 Å². The Balaban J connectivity index is 1.98. The van der Waals surface area contributed by atoms with E-state index in [1.54, 1.807) is 12.1 Å². The van der Waals surface area contributed by atoms with Gasteiger partial charge in [-0.1, -0.05) is 38.1 Å². The monoisotopic (exact) mass is 322 g/mol. The Morgan fingerprint density at radius 1 is 1.08 bits per heavy atom. The summed E-state index contributed by atoms with van der Waals surface area (Å²) < 4.78 is 5.80. The van der Waals surface area contributed by atoms with Gasteiger partial charge in [-0.15, -0.1) is 0 Å². The van der Waals surface area contributed by atoms with Gasteiger partial charge >= 0.3 is 0 Å². The molecule has 1 amide bonds. The van der Waals surface area contributed by atoms with Gasteiger partial charge in [0.2, 0.25) is 0 Å². The highest BCUT2D eigenvalue weighted by Crippen LogP contribution is 2.17. The zero-order chi connectivity index (χ0) is 17.4. The first-order valence-electron chi connectivity index (χ1n) is 8.18. The summed E-state index contributed by atoms with van der Waals surface area (Å²) >= 11 is 0. The molecule has 124 valence electrons. The average Bonchev–Trinajstić information content (AvgIpc) is 2.62. The Hall–Kier alpha value is -2.80. The molecule has 0 aliphatic heterocycles. The van der Waals surface area contributed by atoms with Gasteiger partial charge in [-0.3, -0.25) is 4.79 Å². The van der Waals surface area contributed by atoms with E-state index in [-0.39, 0.29) is 5.91 Å². The number of nitriles is 1. The molecule has 0 saturated heterocycles. The summed E-state index contributed by atoms with van der Waals surface area (Å²) in [7, 11) is 0. The molecule has 0 radical (unpaired) electrons. The summed E-state index contributed by atoms with van der Waals surface area (Å²) in [6, 6.07) is 17.2. The molecule has 0 aromatic heterocycles. The van der Waals surface area contributed by atoms with Gasteiger partial charge in [0.1, 0.15) is 5.75 Å². The lowest BCUT2D eigenvalue weighted by Crippen LogP contribution is -2.32. The third kappa shape index (κ3) is 4.85. The van der Waals surface area contributed by atoms with Crippen LogP contribution in [0.2, 0.25) is 0 Å². The minimum atomic E-state index is -0.545. The number of hydrogen-bond acceptors (Lipinski definition) is 3. The van der Waals surface area contributed by atoms with E-state index in [1.807, 2.05) is 43.3 Å². The van der Waals surface area contributed by atoms with Gasteiger partial charge in [0.05, 0.1) is 12.5 Å². The van der Waals surface area contributed by atoms with Crippen LogP contribution in [-0.2, 0) is 17.6 Å². The predicted octanol–water partition coefficient (Wildman–Crippen LogP) is 4.11. The van der Waals surface area contributed by atoms with E-state index in [1.165, 1.54) is 5.56 Å². The van der Waals surface area contributed by atoms with Crippen molar-refractivity contribution in [3.8, 4) is 11.8 Å². The lowest BCUT2D eigenvalue weighted by atomic mass is 10.1. The molecule has 1 N–H and O–H groups in total. The Morgan fingerprint density at radius 2 is 1.71 bits per heavy atom. The molecule has 2 aromatic rings. The number of hydrogen-bond donors (Lipinski definition) is 1. The first-order chi connectivity index (χ1) is 11.7. The molecule has 0 bridgehead atoms. The minimum absolute atomic E-state index is 0.176. The standard InChI is InChI=1S/C20H22N2O2/c1-3-15-7-11-18(12-8-15)24-19(4-2)20(23)22-17-9-5-16(6-10-17)13-14-21/h5-12,19H,3-4,13H2,1-2H3,(H,22,23)/t19-/m0/s1. The summed E-state index contributed by atoms with van der Waals surface area (Å²) in [5, 5.41) is 11.5. The molecule has 4 heteroatoms. The van der Waals surface area contributed by atoms with Crippen LogP contribution in [0, 0.1) is 11.3 Å². The number of ether oxygens (including phenoxy) is 1. The summed E-state index contributed by atoms with van der Waals surface area (Å²) in [5.41, 5.74) is 2.86. The largest absolute Gasteiger partial charge is 0.481 e. The zero-order valence-corrected chi connectivity index (χ0v) is 14.1. The fourth-order valence-electron chi connectivity index (χ4n) is 2.31. The van der Waals surface area contributed by atoms with Crippen molar-refractivity contribution in [1.29, 1.82) is 5.26 Å². The van der Waals surface area contributed by atoms with E-state index in [0.717, 1.165) is 12.0 Å². The van der Waals surface area contributed by atoms with Crippen molar-refractivity contribution in [2.45, 2.75) is 39.2 Å². The first kappa shape index (κ1) is 17.6. The summed E-state index contributed by atoms with van der Waals surface area (Å²) in [4.78, 5) is 12.4. The Bertz CT molecular complexity index is 700. The van der Waals surface area contributed by atoms with Gasteiger partial charge in [-0.25, -0.2) is 0 Å². The van der Waals surface area contributed by atoms with Crippen molar-refractivity contribution in [2.75, 3.05) is 5.32 Å². The molecule has 2 rings (SSSR count). The Morgan fingerprint density at radius 3 is 2.25 bits per heavy atom. The van der Waals surface area contributed by atoms with Crippen molar-refractivity contribution in [1.82, 2.24) is 0 Å². The molecular weight excluding hydrogens is 300 g/mol. The van der Waals surface area contributed by atoms with Crippen molar-refractivity contribution >= 4 is 11.6 Å². The van der Waals surface area contributed by atoms with E-state index in [9.17, 15) is 4.79 Å². The number of aryl methyl sites for hydroxylation is 1. The van der Waals surface area contributed by atoms with Crippen LogP contribution in [0.3, 0.4) is 0 Å². The number of amides is 1. The lowest BCUT2D eigenvalue weighted by Gasteiger charge is -2.17. The van der Waals surface area contributed by atoms with E-state index in [0.29, 0.717) is 24.3 Å². The third-order valence-corrected chi connectivity index (χ3v) is 3.78. The van der Waals surface area contributed by atoms with Gasteiger partial charge in [0.25, 0.3) is 5.91 Å². The van der Waals surface area contributed by atoms with E-state index >= 15 is 0 Å². The molecular formula is C20H22N2O2. The zero-order valence-electron chi connectivity index (χ0n) is 14.1. The minimum Gasteiger partial charge on any atom is -0.481 e. The van der Waals surface area contributed by atoms with Gasteiger partial charge < -0.3 is 10.1 Å². The number of carbonyl (C=O) groups excluding carboxylic acids is 1. The first-order valence-corrected chi connectivity index (χ1v) is 8.18. The van der Waals surface area contributed by atoms with Crippen LogP contribution in [0.5, 0.6) is 5.75 Å². The highest BCUT2D eigenvalue weighted by Gasteiger charge is 2.18. The molecule has 24 heavy (non-hydrogen) atoms.